The molecule has 0 aromatic heterocycles. The van der Waals surface area contributed by atoms with Crippen LogP contribution in [0.15, 0.2) is 30.3 Å². The van der Waals surface area contributed by atoms with E-state index in [2.05, 4.69) is 0 Å². The first-order chi connectivity index (χ1) is 8.06. The van der Waals surface area contributed by atoms with Crippen LogP contribution >= 0.6 is 12.4 Å². The van der Waals surface area contributed by atoms with Gasteiger partial charge in [0.15, 0.2) is 0 Å². The van der Waals surface area contributed by atoms with E-state index in [-0.39, 0.29) is 30.4 Å². The number of carbonyl (C=O) groups is 1. The van der Waals surface area contributed by atoms with Crippen molar-refractivity contribution in [3.05, 3.63) is 35.9 Å². The first-order valence-electron chi connectivity index (χ1n) is 6.16. The molecule has 0 radical (unpaired) electrons. The minimum atomic E-state index is -0.212. The Morgan fingerprint density at radius 2 is 1.83 bits per heavy atom. The van der Waals surface area contributed by atoms with E-state index < -0.39 is 0 Å². The number of hydrogen-bond donors (Lipinski definition) is 1. The van der Waals surface area contributed by atoms with Crippen molar-refractivity contribution in [3.63, 3.8) is 0 Å². The van der Waals surface area contributed by atoms with Crippen LogP contribution in [0.25, 0.3) is 0 Å². The first kappa shape index (κ1) is 16.9. The normalized spacial score (nSPS) is 11.8. The smallest absolute Gasteiger partial charge is 0.224 e. The molecule has 102 valence electrons. The number of hydrogen-bond acceptors (Lipinski definition) is 2. The van der Waals surface area contributed by atoms with Crippen LogP contribution in [-0.2, 0) is 4.79 Å². The van der Waals surface area contributed by atoms with E-state index in [1.807, 2.05) is 56.0 Å². The molecule has 0 aliphatic rings. The highest BCUT2D eigenvalue weighted by Crippen LogP contribution is 2.15. The zero-order chi connectivity index (χ0) is 12.8. The van der Waals surface area contributed by atoms with Gasteiger partial charge in [-0.2, -0.15) is 0 Å². The second-order valence-corrected chi connectivity index (χ2v) is 4.49. The van der Waals surface area contributed by atoms with E-state index in [0.717, 1.165) is 12.1 Å². The summed E-state index contributed by atoms with van der Waals surface area (Å²) in [6.45, 7) is 6.77. The van der Waals surface area contributed by atoms with Crippen molar-refractivity contribution in [2.75, 3.05) is 6.54 Å². The van der Waals surface area contributed by atoms with E-state index in [4.69, 9.17) is 5.73 Å². The average Bonchev–Trinajstić information content (AvgIpc) is 2.30. The van der Waals surface area contributed by atoms with Crippen LogP contribution in [0, 0.1) is 0 Å². The Morgan fingerprint density at radius 3 is 2.28 bits per heavy atom. The van der Waals surface area contributed by atoms with Crippen LogP contribution in [0.5, 0.6) is 0 Å². The van der Waals surface area contributed by atoms with Crippen molar-refractivity contribution < 1.29 is 4.79 Å². The summed E-state index contributed by atoms with van der Waals surface area (Å²) in [6.07, 6.45) is 0.371. The monoisotopic (exact) mass is 270 g/mol. The maximum atomic E-state index is 12.0. The van der Waals surface area contributed by atoms with Gasteiger partial charge in [-0.15, -0.1) is 12.4 Å². The fraction of sp³-hybridized carbons (Fsp3) is 0.500. The lowest BCUT2D eigenvalue weighted by Crippen LogP contribution is -2.38. The van der Waals surface area contributed by atoms with E-state index in [0.29, 0.717) is 6.42 Å². The van der Waals surface area contributed by atoms with Crippen LogP contribution in [0.1, 0.15) is 38.8 Å². The number of rotatable bonds is 5. The second-order valence-electron chi connectivity index (χ2n) is 4.49. The quantitative estimate of drug-likeness (QED) is 0.894. The molecule has 1 amide bonds. The number of nitrogens with zero attached hydrogens (tertiary/aromatic N) is 1. The van der Waals surface area contributed by atoms with Crippen molar-refractivity contribution in [2.24, 2.45) is 5.73 Å². The molecule has 4 heteroatoms. The van der Waals surface area contributed by atoms with Crippen LogP contribution in [0.4, 0.5) is 0 Å². The lowest BCUT2D eigenvalue weighted by Gasteiger charge is -2.26. The molecule has 1 unspecified atom stereocenters. The van der Waals surface area contributed by atoms with Crippen molar-refractivity contribution in [1.82, 2.24) is 4.90 Å². The fourth-order valence-electron chi connectivity index (χ4n) is 1.95. The molecule has 1 atom stereocenters. The summed E-state index contributed by atoms with van der Waals surface area (Å²) >= 11 is 0. The first-order valence-corrected chi connectivity index (χ1v) is 6.16. The maximum absolute atomic E-state index is 12.0. The molecule has 1 rings (SSSR count). The Kier molecular flexibility index (Phi) is 7.64. The van der Waals surface area contributed by atoms with Gasteiger partial charge in [0.05, 0.1) is 0 Å². The van der Waals surface area contributed by atoms with Gasteiger partial charge in [-0.1, -0.05) is 30.3 Å². The molecule has 2 N–H and O–H groups in total. The van der Waals surface area contributed by atoms with Crippen LogP contribution in [0.3, 0.4) is 0 Å². The zero-order valence-electron chi connectivity index (χ0n) is 11.3. The van der Waals surface area contributed by atoms with Gasteiger partial charge in [0.1, 0.15) is 0 Å². The van der Waals surface area contributed by atoms with E-state index in [1.54, 1.807) is 0 Å². The summed E-state index contributed by atoms with van der Waals surface area (Å²) in [5, 5.41) is 0. The van der Waals surface area contributed by atoms with Gasteiger partial charge in [0.2, 0.25) is 5.91 Å². The lowest BCUT2D eigenvalue weighted by molar-refractivity contribution is -0.133. The predicted octanol–water partition coefficient (Wildman–Crippen LogP) is 2.76. The standard InChI is InChI=1S/C14H22N2O.ClH/c1-4-16(11(2)3)14(17)10-13(15)12-8-6-5-7-9-12;/h5-9,11,13H,4,10,15H2,1-3H3;1H. The van der Waals surface area contributed by atoms with Crippen molar-refractivity contribution in [2.45, 2.75) is 39.3 Å². The molecular formula is C14H23ClN2O. The summed E-state index contributed by atoms with van der Waals surface area (Å²) in [5.74, 6) is 0.124. The second kappa shape index (κ2) is 8.11. The molecule has 0 bridgehead atoms. The predicted molar refractivity (Wildman–Crippen MR) is 77.8 cm³/mol. The van der Waals surface area contributed by atoms with Crippen molar-refractivity contribution in [1.29, 1.82) is 0 Å². The van der Waals surface area contributed by atoms with Crippen LogP contribution < -0.4 is 5.73 Å². The van der Waals surface area contributed by atoms with Gasteiger partial charge >= 0.3 is 0 Å². The molecule has 1 aromatic rings. The number of carbonyl (C=O) groups excluding carboxylic acids is 1. The van der Waals surface area contributed by atoms with Gasteiger partial charge in [-0.3, -0.25) is 4.79 Å². The Morgan fingerprint density at radius 1 is 1.28 bits per heavy atom. The van der Waals surface area contributed by atoms with Crippen LogP contribution in [0.2, 0.25) is 0 Å². The highest BCUT2D eigenvalue weighted by molar-refractivity contribution is 5.85. The average molecular weight is 271 g/mol. The molecule has 0 saturated heterocycles. The van der Waals surface area contributed by atoms with E-state index in [1.165, 1.54) is 0 Å². The Balaban J connectivity index is 0.00000289. The third kappa shape index (κ3) is 4.67. The number of halogens is 1. The summed E-state index contributed by atoms with van der Waals surface area (Å²) < 4.78 is 0. The molecule has 3 nitrogen and oxygen atoms in total. The number of nitrogens with two attached hydrogens (primary N) is 1. The molecule has 0 spiro atoms. The molecule has 0 aliphatic heterocycles. The van der Waals surface area contributed by atoms with Crippen molar-refractivity contribution >= 4 is 18.3 Å². The number of amides is 1. The van der Waals surface area contributed by atoms with Gasteiger partial charge in [0.25, 0.3) is 0 Å². The summed E-state index contributed by atoms with van der Waals surface area (Å²) in [4.78, 5) is 13.9. The minimum absolute atomic E-state index is 0. The molecule has 1 aromatic carbocycles. The van der Waals surface area contributed by atoms with Gasteiger partial charge in [-0.05, 0) is 26.3 Å². The molecule has 0 heterocycles. The summed E-state index contributed by atoms with van der Waals surface area (Å²) in [6, 6.07) is 9.78. The van der Waals surface area contributed by atoms with Crippen molar-refractivity contribution in [3.8, 4) is 0 Å². The highest BCUT2D eigenvalue weighted by Gasteiger charge is 2.18. The molecule has 0 aliphatic carbocycles. The largest absolute Gasteiger partial charge is 0.340 e. The Bertz CT molecular complexity index is 354. The minimum Gasteiger partial charge on any atom is -0.340 e. The fourth-order valence-corrected chi connectivity index (χ4v) is 1.95. The van der Waals surface area contributed by atoms with Gasteiger partial charge in [0, 0.05) is 25.0 Å². The van der Waals surface area contributed by atoms with Gasteiger partial charge < -0.3 is 10.6 Å². The third-order valence-electron chi connectivity index (χ3n) is 2.91. The van der Waals surface area contributed by atoms with E-state index >= 15 is 0 Å². The summed E-state index contributed by atoms with van der Waals surface area (Å²) in [5.41, 5.74) is 7.06. The topological polar surface area (TPSA) is 46.3 Å². The molecule has 18 heavy (non-hydrogen) atoms. The zero-order valence-corrected chi connectivity index (χ0v) is 12.1. The Hall–Kier alpha value is -1.06. The Labute approximate surface area is 116 Å². The van der Waals surface area contributed by atoms with Crippen LogP contribution in [-0.4, -0.2) is 23.4 Å². The van der Waals surface area contributed by atoms with Gasteiger partial charge in [-0.25, -0.2) is 0 Å². The molecular weight excluding hydrogens is 248 g/mol. The van der Waals surface area contributed by atoms with E-state index in [9.17, 15) is 4.79 Å². The third-order valence-corrected chi connectivity index (χ3v) is 2.91. The SMILES string of the molecule is CCN(C(=O)CC(N)c1ccccc1)C(C)C.Cl. The maximum Gasteiger partial charge on any atom is 0.224 e. The highest BCUT2D eigenvalue weighted by atomic mass is 35.5. The molecule has 0 fully saturated rings. The summed E-state index contributed by atoms with van der Waals surface area (Å²) in [7, 11) is 0. The number of benzene rings is 1. The lowest BCUT2D eigenvalue weighted by atomic mass is 10.0. The molecule has 0 saturated carbocycles.